The fourth-order valence-corrected chi connectivity index (χ4v) is 4.01. The zero-order chi connectivity index (χ0) is 16.9. The van der Waals surface area contributed by atoms with Crippen molar-refractivity contribution in [1.29, 1.82) is 0 Å². The summed E-state index contributed by atoms with van der Waals surface area (Å²) in [6.45, 7) is 1.95. The Bertz CT molecular complexity index is 751. The summed E-state index contributed by atoms with van der Waals surface area (Å²) < 4.78 is 2.19. The van der Waals surface area contributed by atoms with E-state index in [0.717, 1.165) is 43.1 Å². The van der Waals surface area contributed by atoms with E-state index >= 15 is 0 Å². The van der Waals surface area contributed by atoms with E-state index in [4.69, 9.17) is 4.99 Å². The molecule has 0 amide bonds. The summed E-state index contributed by atoms with van der Waals surface area (Å²) in [7, 11) is 0. The van der Waals surface area contributed by atoms with Crippen molar-refractivity contribution in [2.45, 2.75) is 51.5 Å². The molecule has 0 N–H and O–H groups in total. The van der Waals surface area contributed by atoms with E-state index in [0.29, 0.717) is 0 Å². The van der Waals surface area contributed by atoms with Gasteiger partial charge in [-0.2, -0.15) is 5.10 Å². The molecule has 2 aromatic rings. The summed E-state index contributed by atoms with van der Waals surface area (Å²) in [5, 5.41) is 4.59. The zero-order valence-corrected chi connectivity index (χ0v) is 14.8. The highest BCUT2D eigenvalue weighted by molar-refractivity contribution is 6.15. The molecule has 0 atom stereocenters. The summed E-state index contributed by atoms with van der Waals surface area (Å²) in [5.74, 6) is 0.781. The quantitative estimate of drug-likeness (QED) is 0.825. The van der Waals surface area contributed by atoms with Crippen LogP contribution in [0.1, 0.15) is 56.2 Å². The van der Waals surface area contributed by atoms with Crippen LogP contribution < -0.4 is 0 Å². The minimum Gasteiger partial charge on any atom is -0.284 e. The van der Waals surface area contributed by atoms with Gasteiger partial charge < -0.3 is 0 Å². The molecule has 0 aromatic carbocycles. The molecule has 2 aliphatic rings. The zero-order valence-electron chi connectivity index (χ0n) is 14.8. The van der Waals surface area contributed by atoms with Gasteiger partial charge in [-0.25, -0.2) is 0 Å². The molecule has 2 aromatic heterocycles. The van der Waals surface area contributed by atoms with Crippen LogP contribution in [0.2, 0.25) is 0 Å². The van der Waals surface area contributed by atoms with E-state index in [-0.39, 0.29) is 0 Å². The van der Waals surface area contributed by atoms with Gasteiger partial charge in [0, 0.05) is 37.2 Å². The summed E-state index contributed by atoms with van der Waals surface area (Å²) in [6.07, 6.45) is 17.0. The SMILES string of the molecule is C(=C1CCCN=C1c1cccnc1)c1ccnn1CC1CCCCC1. The first kappa shape index (κ1) is 16.2. The molecule has 0 bridgehead atoms. The highest BCUT2D eigenvalue weighted by atomic mass is 15.3. The Kier molecular flexibility index (Phi) is 5.05. The monoisotopic (exact) mass is 334 g/mol. The van der Waals surface area contributed by atoms with E-state index in [2.05, 4.69) is 33.0 Å². The van der Waals surface area contributed by atoms with E-state index in [1.165, 1.54) is 43.4 Å². The third-order valence-corrected chi connectivity index (χ3v) is 5.34. The van der Waals surface area contributed by atoms with Crippen molar-refractivity contribution in [2.75, 3.05) is 6.54 Å². The predicted molar refractivity (Wildman–Crippen MR) is 102 cm³/mol. The molecule has 1 fully saturated rings. The van der Waals surface area contributed by atoms with Gasteiger partial charge in [0.05, 0.1) is 11.4 Å². The molecule has 130 valence electrons. The van der Waals surface area contributed by atoms with Crippen LogP contribution in [0.3, 0.4) is 0 Å². The van der Waals surface area contributed by atoms with Crippen LogP contribution in [0.25, 0.3) is 6.08 Å². The second-order valence-electron chi connectivity index (χ2n) is 7.19. The lowest BCUT2D eigenvalue weighted by Crippen LogP contribution is -2.16. The van der Waals surface area contributed by atoms with E-state index in [9.17, 15) is 0 Å². The molecule has 25 heavy (non-hydrogen) atoms. The Morgan fingerprint density at radius 3 is 2.84 bits per heavy atom. The van der Waals surface area contributed by atoms with Crippen molar-refractivity contribution < 1.29 is 0 Å². The van der Waals surface area contributed by atoms with Crippen LogP contribution in [0.4, 0.5) is 0 Å². The lowest BCUT2D eigenvalue weighted by molar-refractivity contribution is 0.307. The number of aliphatic imine (C=N–C) groups is 1. The second kappa shape index (κ2) is 7.77. The first-order valence-corrected chi connectivity index (χ1v) is 9.58. The summed E-state index contributed by atoms with van der Waals surface area (Å²) in [5.41, 5.74) is 4.74. The molecule has 4 rings (SSSR count). The Balaban J connectivity index is 1.58. The average Bonchev–Trinajstić information content (AvgIpc) is 3.10. The maximum Gasteiger partial charge on any atom is 0.0694 e. The number of nitrogens with zero attached hydrogens (tertiary/aromatic N) is 4. The smallest absolute Gasteiger partial charge is 0.0694 e. The normalized spacial score (nSPS) is 20.6. The van der Waals surface area contributed by atoms with E-state index in [1.807, 2.05) is 24.7 Å². The Hall–Kier alpha value is -2.23. The van der Waals surface area contributed by atoms with Gasteiger partial charge in [0.15, 0.2) is 0 Å². The third kappa shape index (κ3) is 3.89. The topological polar surface area (TPSA) is 43.1 Å². The molecular weight excluding hydrogens is 308 g/mol. The van der Waals surface area contributed by atoms with E-state index < -0.39 is 0 Å². The Labute approximate surface area is 149 Å². The highest BCUT2D eigenvalue weighted by Crippen LogP contribution is 2.26. The maximum absolute atomic E-state index is 4.79. The molecular formula is C21H26N4. The van der Waals surface area contributed by atoms with Crippen molar-refractivity contribution in [2.24, 2.45) is 10.9 Å². The third-order valence-electron chi connectivity index (χ3n) is 5.34. The molecule has 3 heterocycles. The van der Waals surface area contributed by atoms with Crippen LogP contribution in [-0.2, 0) is 6.54 Å². The van der Waals surface area contributed by atoms with Crippen LogP contribution in [0.15, 0.2) is 47.4 Å². The second-order valence-corrected chi connectivity index (χ2v) is 7.19. The maximum atomic E-state index is 4.79. The molecule has 0 spiro atoms. The van der Waals surface area contributed by atoms with Crippen molar-refractivity contribution in [3.8, 4) is 0 Å². The van der Waals surface area contributed by atoms with Crippen molar-refractivity contribution in [3.05, 3.63) is 53.6 Å². The fraction of sp³-hybridized carbons (Fsp3) is 0.476. The Morgan fingerprint density at radius 1 is 1.08 bits per heavy atom. The number of hydrogen-bond acceptors (Lipinski definition) is 3. The standard InChI is InChI=1S/C21H26N4/c1-2-6-17(7-3-1)16-25-20(10-13-24-25)14-18-8-5-12-23-21(18)19-9-4-11-22-15-19/h4,9-11,13-15,17H,1-3,5-8,12,16H2. The molecule has 0 radical (unpaired) electrons. The van der Waals surface area contributed by atoms with Gasteiger partial charge >= 0.3 is 0 Å². The molecule has 4 heteroatoms. The number of pyridine rings is 1. The lowest BCUT2D eigenvalue weighted by atomic mass is 9.89. The predicted octanol–water partition coefficient (Wildman–Crippen LogP) is 4.52. The minimum absolute atomic E-state index is 0.781. The van der Waals surface area contributed by atoms with Gasteiger partial charge in [0.25, 0.3) is 0 Å². The van der Waals surface area contributed by atoms with Crippen molar-refractivity contribution >= 4 is 11.8 Å². The van der Waals surface area contributed by atoms with Gasteiger partial charge in [-0.15, -0.1) is 0 Å². The van der Waals surface area contributed by atoms with Gasteiger partial charge in [0.2, 0.25) is 0 Å². The largest absolute Gasteiger partial charge is 0.284 e. The number of rotatable bonds is 4. The van der Waals surface area contributed by atoms with Gasteiger partial charge in [0.1, 0.15) is 0 Å². The molecule has 1 saturated carbocycles. The van der Waals surface area contributed by atoms with Gasteiger partial charge in [-0.1, -0.05) is 19.3 Å². The van der Waals surface area contributed by atoms with Gasteiger partial charge in [-0.05, 0) is 61.4 Å². The number of allylic oxidation sites excluding steroid dienone is 1. The fourth-order valence-electron chi connectivity index (χ4n) is 4.01. The number of hydrogen-bond donors (Lipinski definition) is 0. The Morgan fingerprint density at radius 2 is 2.00 bits per heavy atom. The van der Waals surface area contributed by atoms with Crippen LogP contribution in [0, 0.1) is 5.92 Å². The van der Waals surface area contributed by atoms with Crippen molar-refractivity contribution in [3.63, 3.8) is 0 Å². The van der Waals surface area contributed by atoms with Crippen LogP contribution in [0.5, 0.6) is 0 Å². The molecule has 0 saturated heterocycles. The first-order chi connectivity index (χ1) is 12.4. The van der Waals surface area contributed by atoms with Crippen LogP contribution in [-0.4, -0.2) is 27.0 Å². The van der Waals surface area contributed by atoms with Crippen LogP contribution >= 0.6 is 0 Å². The number of aromatic nitrogens is 3. The summed E-state index contributed by atoms with van der Waals surface area (Å²) in [4.78, 5) is 9.05. The minimum atomic E-state index is 0.781. The molecule has 4 nitrogen and oxygen atoms in total. The lowest BCUT2D eigenvalue weighted by Gasteiger charge is -2.22. The summed E-state index contributed by atoms with van der Waals surface area (Å²) in [6, 6.07) is 6.22. The van der Waals surface area contributed by atoms with Crippen molar-refractivity contribution in [1.82, 2.24) is 14.8 Å². The molecule has 0 unspecified atom stereocenters. The van der Waals surface area contributed by atoms with E-state index in [1.54, 1.807) is 0 Å². The molecule has 1 aliphatic carbocycles. The first-order valence-electron chi connectivity index (χ1n) is 9.58. The summed E-state index contributed by atoms with van der Waals surface area (Å²) >= 11 is 0. The molecule has 1 aliphatic heterocycles. The average molecular weight is 334 g/mol. The highest BCUT2D eigenvalue weighted by Gasteiger charge is 2.17. The van der Waals surface area contributed by atoms with Gasteiger partial charge in [-0.3, -0.25) is 14.7 Å².